The van der Waals surface area contributed by atoms with Gasteiger partial charge < -0.3 is 14.3 Å². The molecule has 2 aromatic rings. The molecule has 2 aromatic carbocycles. The quantitative estimate of drug-likeness (QED) is 0.339. The molecule has 0 radical (unpaired) electrons. The highest BCUT2D eigenvalue weighted by Crippen LogP contribution is 2.46. The molecule has 1 saturated heterocycles. The minimum absolute atomic E-state index is 0.144. The minimum Gasteiger partial charge on any atom is -0.447 e. The summed E-state index contributed by atoms with van der Waals surface area (Å²) in [6.45, 7) is 15.0. The molecule has 6 nitrogen and oxygen atoms in total. The summed E-state index contributed by atoms with van der Waals surface area (Å²) >= 11 is 0. The highest BCUT2D eigenvalue weighted by molar-refractivity contribution is 6.77. The lowest BCUT2D eigenvalue weighted by Crippen LogP contribution is -2.52. The highest BCUT2D eigenvalue weighted by Gasteiger charge is 2.50. The fraction of sp³-hybridized carbons (Fsp3) is 0.533. The van der Waals surface area contributed by atoms with Crippen molar-refractivity contribution in [3.63, 3.8) is 0 Å². The van der Waals surface area contributed by atoms with Crippen molar-refractivity contribution >= 4 is 20.3 Å². The van der Waals surface area contributed by atoms with Gasteiger partial charge in [0.1, 0.15) is 6.61 Å². The van der Waals surface area contributed by atoms with Crippen molar-refractivity contribution in [2.75, 3.05) is 6.61 Å². The molecule has 0 saturated carbocycles. The van der Waals surface area contributed by atoms with Crippen molar-refractivity contribution in [3.05, 3.63) is 71.8 Å². The molecule has 3 rings (SSSR count). The van der Waals surface area contributed by atoms with Crippen LogP contribution in [0.4, 0.5) is 4.79 Å². The number of carbonyl (C=O) groups excluding carboxylic acids is 2. The first-order valence-electron chi connectivity index (χ1n) is 13.4. The second-order valence-electron chi connectivity index (χ2n) is 11.2. The average Bonchev–Trinajstić information content (AvgIpc) is 3.23. The van der Waals surface area contributed by atoms with Crippen LogP contribution in [0.1, 0.15) is 65.7 Å². The molecular formula is C30H43NO5Si. The van der Waals surface area contributed by atoms with Crippen molar-refractivity contribution < 1.29 is 23.9 Å². The van der Waals surface area contributed by atoms with Gasteiger partial charge in [-0.05, 0) is 34.2 Å². The molecule has 1 aliphatic rings. The molecule has 0 aliphatic carbocycles. The normalized spacial score (nSPS) is 18.8. The van der Waals surface area contributed by atoms with Crippen LogP contribution in [0.3, 0.4) is 0 Å². The number of ether oxygens (including phenoxy) is 1. The molecule has 37 heavy (non-hydrogen) atoms. The molecule has 1 aliphatic heterocycles. The molecule has 0 unspecified atom stereocenters. The van der Waals surface area contributed by atoms with Crippen molar-refractivity contribution in [2.45, 2.75) is 89.8 Å². The molecule has 1 fully saturated rings. The summed E-state index contributed by atoms with van der Waals surface area (Å²) in [5.74, 6) is -1.31. The van der Waals surface area contributed by atoms with Crippen LogP contribution in [-0.4, -0.2) is 49.1 Å². The summed E-state index contributed by atoms with van der Waals surface area (Å²) in [5.41, 5.74) is 2.77. The number of aliphatic hydroxyl groups excluding tert-OH is 1. The fourth-order valence-corrected chi connectivity index (χ4v) is 11.5. The number of amides is 2. The second-order valence-corrected chi connectivity index (χ2v) is 16.6. The molecule has 1 heterocycles. The van der Waals surface area contributed by atoms with E-state index in [0.29, 0.717) is 23.0 Å². The monoisotopic (exact) mass is 525 g/mol. The molecule has 0 spiro atoms. The number of hydrogen-bond donors (Lipinski definition) is 1. The zero-order valence-corrected chi connectivity index (χ0v) is 24.3. The maximum atomic E-state index is 13.7. The summed E-state index contributed by atoms with van der Waals surface area (Å²) in [6.07, 6.45) is -1.98. The highest BCUT2D eigenvalue weighted by atomic mass is 28.4. The van der Waals surface area contributed by atoms with E-state index < -0.39 is 44.5 Å². The van der Waals surface area contributed by atoms with E-state index in [-0.39, 0.29) is 6.61 Å². The van der Waals surface area contributed by atoms with Gasteiger partial charge in [0.2, 0.25) is 14.2 Å². The van der Waals surface area contributed by atoms with Crippen LogP contribution in [0, 0.1) is 5.92 Å². The number of imide groups is 1. The molecule has 0 bridgehead atoms. The lowest BCUT2D eigenvalue weighted by Gasteiger charge is -2.46. The van der Waals surface area contributed by atoms with Gasteiger partial charge in [-0.25, -0.2) is 9.69 Å². The Morgan fingerprint density at radius 3 is 1.97 bits per heavy atom. The first-order chi connectivity index (χ1) is 17.5. The topological polar surface area (TPSA) is 76.1 Å². The van der Waals surface area contributed by atoms with Gasteiger partial charge in [-0.3, -0.25) is 4.79 Å². The number of nitrogens with zero attached hydrogens (tertiary/aromatic N) is 1. The zero-order valence-electron chi connectivity index (χ0n) is 23.3. The Morgan fingerprint density at radius 2 is 1.46 bits per heavy atom. The summed E-state index contributed by atoms with van der Waals surface area (Å²) in [7, 11) is -2.40. The van der Waals surface area contributed by atoms with E-state index in [1.807, 2.05) is 60.7 Å². The first kappa shape index (κ1) is 29.1. The second kappa shape index (κ2) is 12.4. The Bertz CT molecular complexity index is 1010. The van der Waals surface area contributed by atoms with Crippen molar-refractivity contribution in [2.24, 2.45) is 5.92 Å². The van der Waals surface area contributed by atoms with E-state index in [1.54, 1.807) is 6.92 Å². The van der Waals surface area contributed by atoms with Gasteiger partial charge in [-0.2, -0.15) is 0 Å². The van der Waals surface area contributed by atoms with Crippen LogP contribution in [-0.2, 0) is 20.4 Å². The average molecular weight is 526 g/mol. The number of carbonyl (C=O) groups is 2. The Balaban J connectivity index is 1.92. The third-order valence-corrected chi connectivity index (χ3v) is 14.0. The van der Waals surface area contributed by atoms with Crippen molar-refractivity contribution in [3.8, 4) is 0 Å². The lowest BCUT2D eigenvalue weighted by molar-refractivity contribution is -0.139. The van der Waals surface area contributed by atoms with E-state index in [0.717, 1.165) is 11.1 Å². The molecule has 4 atom stereocenters. The maximum absolute atomic E-state index is 13.7. The van der Waals surface area contributed by atoms with Crippen LogP contribution in [0.25, 0.3) is 0 Å². The number of rotatable bonds is 11. The first-order valence-corrected chi connectivity index (χ1v) is 15.6. The Morgan fingerprint density at radius 1 is 0.946 bits per heavy atom. The molecule has 7 heteroatoms. The van der Waals surface area contributed by atoms with Crippen LogP contribution < -0.4 is 0 Å². The van der Waals surface area contributed by atoms with Gasteiger partial charge in [0.15, 0.2) is 0 Å². The predicted molar refractivity (Wildman–Crippen MR) is 149 cm³/mol. The minimum atomic E-state index is -2.40. The molecule has 202 valence electrons. The Labute approximate surface area is 223 Å². The van der Waals surface area contributed by atoms with Gasteiger partial charge in [0.05, 0.1) is 24.2 Å². The van der Waals surface area contributed by atoms with Crippen molar-refractivity contribution in [1.82, 2.24) is 4.90 Å². The largest absolute Gasteiger partial charge is 0.447 e. The van der Waals surface area contributed by atoms with Gasteiger partial charge in [-0.1, -0.05) is 109 Å². The molecule has 0 aromatic heterocycles. The van der Waals surface area contributed by atoms with Crippen LogP contribution in [0.2, 0.25) is 16.6 Å². The third kappa shape index (κ3) is 6.16. The Hall–Kier alpha value is -2.48. The van der Waals surface area contributed by atoms with E-state index in [9.17, 15) is 14.7 Å². The zero-order chi connectivity index (χ0) is 27.3. The van der Waals surface area contributed by atoms with E-state index >= 15 is 0 Å². The maximum Gasteiger partial charge on any atom is 0.416 e. The SMILES string of the molecule is CC(C)[Si](O[C@H](c1ccccc1)[C@H](O)[C@@H](C)C(=O)N1C(=O)OC[C@H]1Cc1ccccc1)(C(C)C)C(C)C. The smallest absolute Gasteiger partial charge is 0.416 e. The number of hydrogen-bond acceptors (Lipinski definition) is 5. The number of aliphatic hydroxyl groups is 1. The third-order valence-electron chi connectivity index (χ3n) is 7.89. The van der Waals surface area contributed by atoms with Gasteiger partial charge >= 0.3 is 6.09 Å². The van der Waals surface area contributed by atoms with E-state index in [4.69, 9.17) is 9.16 Å². The van der Waals surface area contributed by atoms with Crippen LogP contribution >= 0.6 is 0 Å². The molecule has 2 amide bonds. The summed E-state index contributed by atoms with van der Waals surface area (Å²) in [4.78, 5) is 27.6. The van der Waals surface area contributed by atoms with E-state index in [1.165, 1.54) is 4.90 Å². The van der Waals surface area contributed by atoms with Gasteiger partial charge in [0, 0.05) is 0 Å². The Kier molecular flexibility index (Phi) is 9.72. The van der Waals surface area contributed by atoms with Gasteiger partial charge in [0.25, 0.3) is 0 Å². The lowest BCUT2D eigenvalue weighted by atomic mass is 9.93. The standard InChI is InChI=1S/C30H43NO5Si/c1-20(2)37(21(3)4,22(5)6)36-28(25-16-12-9-13-17-25)27(32)23(7)29(33)31-26(19-35-30(31)34)18-24-14-10-8-11-15-24/h8-17,20-23,26-28,32H,18-19H2,1-7H3/t23-,26-,27-,28-/m1/s1. The molecular weight excluding hydrogens is 482 g/mol. The summed E-state index contributed by atoms with van der Waals surface area (Å²) in [6, 6.07) is 19.0. The summed E-state index contributed by atoms with van der Waals surface area (Å²) < 4.78 is 12.3. The predicted octanol–water partition coefficient (Wildman–Crippen LogP) is 6.51. The fourth-order valence-electron chi connectivity index (χ4n) is 6.00. The van der Waals surface area contributed by atoms with Crippen LogP contribution in [0.5, 0.6) is 0 Å². The van der Waals surface area contributed by atoms with E-state index in [2.05, 4.69) is 41.5 Å². The number of benzene rings is 2. The van der Waals surface area contributed by atoms with Gasteiger partial charge in [-0.15, -0.1) is 0 Å². The van der Waals surface area contributed by atoms with Crippen LogP contribution in [0.15, 0.2) is 60.7 Å². The van der Waals surface area contributed by atoms with Crippen molar-refractivity contribution in [1.29, 1.82) is 0 Å². The molecule has 1 N–H and O–H groups in total. The number of cyclic esters (lactones) is 1. The summed E-state index contributed by atoms with van der Waals surface area (Å²) in [5, 5.41) is 11.7.